The maximum Gasteiger partial charge on any atom is 0.231 e. The fourth-order valence-corrected chi connectivity index (χ4v) is 2.03. The van der Waals surface area contributed by atoms with Crippen molar-refractivity contribution in [2.24, 2.45) is 4.99 Å². The van der Waals surface area contributed by atoms with E-state index < -0.39 is 0 Å². The fraction of sp³-hybridized carbons (Fsp3) is 0.300. The molecule has 0 spiro atoms. The van der Waals surface area contributed by atoms with Crippen LogP contribution in [0.15, 0.2) is 23.2 Å². The molecule has 1 aromatic rings. The van der Waals surface area contributed by atoms with E-state index in [9.17, 15) is 0 Å². The van der Waals surface area contributed by atoms with Crippen molar-refractivity contribution in [3.63, 3.8) is 0 Å². The van der Waals surface area contributed by atoms with Gasteiger partial charge in [0.05, 0.1) is 0 Å². The Morgan fingerprint density at radius 1 is 1.38 bits per heavy atom. The lowest BCUT2D eigenvalue weighted by atomic mass is 10.1. The highest BCUT2D eigenvalue weighted by atomic mass is 32.2. The second-order valence-electron chi connectivity index (χ2n) is 3.42. The lowest BCUT2D eigenvalue weighted by molar-refractivity contribution is 0.174. The molecule has 0 aromatic heterocycles. The van der Waals surface area contributed by atoms with Crippen molar-refractivity contribution in [3.05, 3.63) is 23.8 Å². The summed E-state index contributed by atoms with van der Waals surface area (Å²) in [5, 5.41) is 0.891. The van der Waals surface area contributed by atoms with Gasteiger partial charge in [-0.3, -0.25) is 5.43 Å². The van der Waals surface area contributed by atoms with Gasteiger partial charge in [0.15, 0.2) is 16.7 Å². The number of thioether (sulfide) groups is 1. The molecule has 2 aliphatic rings. The molecule has 1 aromatic carbocycles. The van der Waals surface area contributed by atoms with E-state index in [1.165, 1.54) is 0 Å². The van der Waals surface area contributed by atoms with Crippen molar-refractivity contribution >= 4 is 16.9 Å². The Hall–Kier alpha value is -1.40. The van der Waals surface area contributed by atoms with Crippen LogP contribution >= 0.6 is 11.8 Å². The molecule has 6 heteroatoms. The summed E-state index contributed by atoms with van der Waals surface area (Å²) in [4.78, 5) is 4.46. The van der Waals surface area contributed by atoms with Crippen LogP contribution in [0.1, 0.15) is 11.7 Å². The smallest absolute Gasteiger partial charge is 0.231 e. The number of fused-ring (bicyclic) bond motifs is 1. The molecule has 5 nitrogen and oxygen atoms in total. The van der Waals surface area contributed by atoms with Crippen molar-refractivity contribution in [1.82, 2.24) is 10.9 Å². The largest absolute Gasteiger partial charge is 0.454 e. The average Bonchev–Trinajstić information content (AvgIpc) is 2.96. The van der Waals surface area contributed by atoms with Gasteiger partial charge in [-0.1, -0.05) is 17.8 Å². The first kappa shape index (κ1) is 9.80. The molecule has 0 bridgehead atoms. The van der Waals surface area contributed by atoms with Gasteiger partial charge in [-0.15, -0.1) is 0 Å². The molecule has 0 amide bonds. The highest BCUT2D eigenvalue weighted by molar-refractivity contribution is 8.13. The Balaban J connectivity index is 1.88. The van der Waals surface area contributed by atoms with Gasteiger partial charge < -0.3 is 9.47 Å². The summed E-state index contributed by atoms with van der Waals surface area (Å²) >= 11 is 1.58. The Labute approximate surface area is 97.2 Å². The van der Waals surface area contributed by atoms with Crippen molar-refractivity contribution in [1.29, 1.82) is 0 Å². The van der Waals surface area contributed by atoms with E-state index >= 15 is 0 Å². The summed E-state index contributed by atoms with van der Waals surface area (Å²) in [7, 11) is 0. The molecule has 0 aliphatic carbocycles. The molecule has 0 fully saturated rings. The molecule has 0 radical (unpaired) electrons. The van der Waals surface area contributed by atoms with Gasteiger partial charge in [-0.05, 0) is 24.0 Å². The Morgan fingerprint density at radius 3 is 3.06 bits per heavy atom. The van der Waals surface area contributed by atoms with E-state index in [2.05, 4.69) is 15.8 Å². The van der Waals surface area contributed by atoms with Crippen LogP contribution in [0.25, 0.3) is 0 Å². The number of nitrogens with one attached hydrogen (secondary N) is 2. The van der Waals surface area contributed by atoms with Crippen LogP contribution in [0.2, 0.25) is 0 Å². The number of amidine groups is 1. The minimum Gasteiger partial charge on any atom is -0.454 e. The van der Waals surface area contributed by atoms with Gasteiger partial charge >= 0.3 is 0 Å². The summed E-state index contributed by atoms with van der Waals surface area (Å²) in [6, 6.07) is 5.85. The third-order valence-electron chi connectivity index (χ3n) is 2.47. The highest BCUT2D eigenvalue weighted by Gasteiger charge is 2.20. The predicted molar refractivity (Wildman–Crippen MR) is 62.5 cm³/mol. The van der Waals surface area contributed by atoms with Crippen molar-refractivity contribution < 1.29 is 9.47 Å². The van der Waals surface area contributed by atoms with E-state index in [4.69, 9.17) is 9.47 Å². The third-order valence-corrected chi connectivity index (χ3v) is 3.06. The molecule has 16 heavy (non-hydrogen) atoms. The lowest BCUT2D eigenvalue weighted by Crippen LogP contribution is -2.29. The SMILES string of the molecule is CSC1=NC(c2ccc3c(c2)OCO3)NN1. The molecule has 0 saturated heterocycles. The molecule has 3 rings (SSSR count). The van der Waals surface area contributed by atoms with Gasteiger partial charge in [0.25, 0.3) is 0 Å². The van der Waals surface area contributed by atoms with Crippen molar-refractivity contribution in [2.45, 2.75) is 6.17 Å². The Morgan fingerprint density at radius 2 is 2.25 bits per heavy atom. The molecular weight excluding hydrogens is 226 g/mol. The summed E-state index contributed by atoms with van der Waals surface area (Å²) in [6.07, 6.45) is 1.92. The average molecular weight is 237 g/mol. The summed E-state index contributed by atoms with van der Waals surface area (Å²) in [5.74, 6) is 1.58. The minimum absolute atomic E-state index is 0.0584. The lowest BCUT2D eigenvalue weighted by Gasteiger charge is -2.08. The first-order valence-corrected chi connectivity index (χ1v) is 6.12. The highest BCUT2D eigenvalue weighted by Crippen LogP contribution is 2.34. The molecule has 84 valence electrons. The summed E-state index contributed by atoms with van der Waals surface area (Å²) < 4.78 is 10.6. The second kappa shape index (κ2) is 3.88. The number of hydrogen-bond donors (Lipinski definition) is 2. The quantitative estimate of drug-likeness (QED) is 0.769. The van der Waals surface area contributed by atoms with Crippen molar-refractivity contribution in [3.8, 4) is 11.5 Å². The fourth-order valence-electron chi connectivity index (χ4n) is 1.66. The van der Waals surface area contributed by atoms with Crippen LogP contribution in [0.5, 0.6) is 11.5 Å². The standard InChI is InChI=1S/C10H11N3O2S/c1-16-10-11-9(12-13-10)6-2-3-7-8(4-6)15-5-14-7/h2-4,9,12H,5H2,1H3,(H,11,13). The zero-order chi connectivity index (χ0) is 11.0. The van der Waals surface area contributed by atoms with Crippen LogP contribution < -0.4 is 20.3 Å². The van der Waals surface area contributed by atoms with Gasteiger partial charge in [0, 0.05) is 0 Å². The second-order valence-corrected chi connectivity index (χ2v) is 4.22. The Bertz CT molecular complexity index is 450. The maximum atomic E-state index is 5.33. The van der Waals surface area contributed by atoms with Gasteiger partial charge in [-0.25, -0.2) is 10.4 Å². The summed E-state index contributed by atoms with van der Waals surface area (Å²) in [6.45, 7) is 0.300. The predicted octanol–water partition coefficient (Wildman–Crippen LogP) is 1.24. The van der Waals surface area contributed by atoms with Crippen LogP contribution in [0.4, 0.5) is 0 Å². The van der Waals surface area contributed by atoms with E-state index in [0.717, 1.165) is 22.2 Å². The normalized spacial score (nSPS) is 21.8. The van der Waals surface area contributed by atoms with Crippen molar-refractivity contribution in [2.75, 3.05) is 13.0 Å². The molecule has 2 aliphatic heterocycles. The van der Waals surface area contributed by atoms with Crippen LogP contribution in [-0.4, -0.2) is 18.2 Å². The van der Waals surface area contributed by atoms with Gasteiger partial charge in [0.2, 0.25) is 6.79 Å². The van der Waals surface area contributed by atoms with E-state index in [-0.39, 0.29) is 6.17 Å². The zero-order valence-electron chi connectivity index (χ0n) is 8.69. The van der Waals surface area contributed by atoms with Crippen LogP contribution in [0.3, 0.4) is 0 Å². The molecule has 1 unspecified atom stereocenters. The third kappa shape index (κ3) is 1.60. The number of hydrazine groups is 1. The van der Waals surface area contributed by atoms with E-state index in [1.54, 1.807) is 11.8 Å². The molecule has 0 saturated carbocycles. The number of nitrogens with zero attached hydrogens (tertiary/aromatic N) is 1. The van der Waals surface area contributed by atoms with Gasteiger partial charge in [0.1, 0.15) is 6.17 Å². The Kier molecular flexibility index (Phi) is 2.37. The zero-order valence-corrected chi connectivity index (χ0v) is 9.50. The molecule has 2 N–H and O–H groups in total. The monoisotopic (exact) mass is 237 g/mol. The van der Waals surface area contributed by atoms with Crippen LogP contribution in [-0.2, 0) is 0 Å². The molecular formula is C10H11N3O2S. The summed E-state index contributed by atoms with van der Waals surface area (Å²) in [5.41, 5.74) is 7.16. The number of rotatable bonds is 1. The van der Waals surface area contributed by atoms with Crippen LogP contribution in [0, 0.1) is 0 Å². The first-order chi connectivity index (χ1) is 7.86. The number of ether oxygens (including phenoxy) is 2. The first-order valence-electron chi connectivity index (χ1n) is 4.90. The number of hydrogen-bond acceptors (Lipinski definition) is 6. The van der Waals surface area contributed by atoms with Gasteiger partial charge in [-0.2, -0.15) is 0 Å². The maximum absolute atomic E-state index is 5.33. The van der Waals surface area contributed by atoms with E-state index in [1.807, 2.05) is 24.5 Å². The minimum atomic E-state index is -0.0584. The number of aliphatic imine (C=N–C) groups is 1. The molecule has 1 atom stereocenters. The number of benzene rings is 1. The van der Waals surface area contributed by atoms with E-state index in [0.29, 0.717) is 6.79 Å². The topological polar surface area (TPSA) is 54.9 Å². The molecule has 2 heterocycles.